The van der Waals surface area contributed by atoms with Crippen LogP contribution >= 0.6 is 0 Å². The lowest BCUT2D eigenvalue weighted by Crippen LogP contribution is -2.42. The van der Waals surface area contributed by atoms with Crippen molar-refractivity contribution in [3.8, 4) is 6.07 Å². The molecule has 0 saturated carbocycles. The number of hydrogen-bond donors (Lipinski definition) is 1. The molecule has 0 aliphatic rings. The van der Waals surface area contributed by atoms with E-state index >= 15 is 0 Å². The van der Waals surface area contributed by atoms with Crippen LogP contribution in [0.3, 0.4) is 0 Å². The first-order valence-corrected chi connectivity index (χ1v) is 4.78. The van der Waals surface area contributed by atoms with Crippen molar-refractivity contribution < 1.29 is 9.59 Å². The molecule has 0 fully saturated rings. The summed E-state index contributed by atoms with van der Waals surface area (Å²) >= 11 is 0. The van der Waals surface area contributed by atoms with Crippen LogP contribution in [0.15, 0.2) is 0 Å². The van der Waals surface area contributed by atoms with E-state index in [4.69, 9.17) is 5.26 Å². The first kappa shape index (κ1) is 13.4. The molecule has 0 aromatic rings. The Morgan fingerprint density at radius 2 is 2.00 bits per heavy atom. The number of carbonyl (C=O) groups excluding carboxylic acids is 2. The van der Waals surface area contributed by atoms with Crippen LogP contribution in [-0.2, 0) is 9.59 Å². The first-order valence-electron chi connectivity index (χ1n) is 4.78. The molecule has 0 spiro atoms. The summed E-state index contributed by atoms with van der Waals surface area (Å²) in [5.41, 5.74) is -1.09. The fraction of sp³-hybridized carbons (Fsp3) is 0.700. The molecular weight excluding hydrogens is 194 g/mol. The molecule has 0 rings (SSSR count). The average molecular weight is 211 g/mol. The number of nitrogens with zero attached hydrogens (tertiary/aromatic N) is 2. The van der Waals surface area contributed by atoms with E-state index in [1.807, 2.05) is 13.0 Å². The van der Waals surface area contributed by atoms with E-state index in [2.05, 4.69) is 5.32 Å². The maximum Gasteiger partial charge on any atom is 0.241 e. The van der Waals surface area contributed by atoms with Gasteiger partial charge in [-0.25, -0.2) is 0 Å². The van der Waals surface area contributed by atoms with Gasteiger partial charge in [0.25, 0.3) is 0 Å². The smallest absolute Gasteiger partial charge is 0.241 e. The second-order valence-electron chi connectivity index (χ2n) is 3.83. The summed E-state index contributed by atoms with van der Waals surface area (Å²) in [4.78, 5) is 24.2. The number of likely N-dealkylation sites (N-methyl/N-ethyl adjacent to an activating group) is 1. The van der Waals surface area contributed by atoms with Gasteiger partial charge in [0.05, 0.1) is 12.6 Å². The number of carbonyl (C=O) groups is 2. The van der Waals surface area contributed by atoms with Crippen molar-refractivity contribution in [2.75, 3.05) is 20.1 Å². The third-order valence-electron chi connectivity index (χ3n) is 2.15. The van der Waals surface area contributed by atoms with Gasteiger partial charge in [0, 0.05) is 13.6 Å². The van der Waals surface area contributed by atoms with Crippen LogP contribution in [0.4, 0.5) is 0 Å². The van der Waals surface area contributed by atoms with Crippen molar-refractivity contribution in [3.63, 3.8) is 0 Å². The van der Waals surface area contributed by atoms with E-state index in [-0.39, 0.29) is 12.5 Å². The molecule has 0 aliphatic carbocycles. The first-order chi connectivity index (χ1) is 6.85. The van der Waals surface area contributed by atoms with Crippen LogP contribution in [-0.4, -0.2) is 36.9 Å². The van der Waals surface area contributed by atoms with Crippen LogP contribution < -0.4 is 5.32 Å². The van der Waals surface area contributed by atoms with Gasteiger partial charge in [0.1, 0.15) is 5.41 Å². The summed E-state index contributed by atoms with van der Waals surface area (Å²) in [6.07, 6.45) is 0. The van der Waals surface area contributed by atoms with Crippen LogP contribution in [0, 0.1) is 16.7 Å². The molecule has 0 bridgehead atoms. The zero-order chi connectivity index (χ0) is 12.1. The molecule has 5 nitrogen and oxygen atoms in total. The van der Waals surface area contributed by atoms with Gasteiger partial charge >= 0.3 is 0 Å². The SMILES string of the molecule is CCN(C)C(=O)CNC(=O)C(C)(C)C#N. The predicted octanol–water partition coefficient (Wildman–Crippen LogP) is 0.131. The maximum atomic E-state index is 11.4. The lowest BCUT2D eigenvalue weighted by Gasteiger charge is -2.18. The lowest BCUT2D eigenvalue weighted by atomic mass is 9.95. The van der Waals surface area contributed by atoms with Crippen molar-refractivity contribution in [1.82, 2.24) is 10.2 Å². The van der Waals surface area contributed by atoms with Gasteiger partial charge in [-0.3, -0.25) is 9.59 Å². The molecule has 84 valence electrons. The van der Waals surface area contributed by atoms with Crippen molar-refractivity contribution in [2.45, 2.75) is 20.8 Å². The Hall–Kier alpha value is -1.57. The summed E-state index contributed by atoms with van der Waals surface area (Å²) in [7, 11) is 1.66. The zero-order valence-corrected chi connectivity index (χ0v) is 9.63. The molecule has 0 saturated heterocycles. The Morgan fingerprint density at radius 3 is 2.40 bits per heavy atom. The summed E-state index contributed by atoms with van der Waals surface area (Å²) in [6, 6.07) is 1.87. The minimum Gasteiger partial charge on any atom is -0.346 e. The van der Waals surface area contributed by atoms with E-state index in [0.717, 1.165) is 0 Å². The summed E-state index contributed by atoms with van der Waals surface area (Å²) in [5, 5.41) is 11.1. The Balaban J connectivity index is 4.14. The Bertz CT molecular complexity index is 292. The number of rotatable bonds is 4. The average Bonchev–Trinajstić information content (AvgIpc) is 2.23. The number of hydrogen-bond acceptors (Lipinski definition) is 3. The van der Waals surface area contributed by atoms with Gasteiger partial charge in [-0.1, -0.05) is 0 Å². The van der Waals surface area contributed by atoms with E-state index in [1.165, 1.54) is 18.7 Å². The van der Waals surface area contributed by atoms with Crippen molar-refractivity contribution in [3.05, 3.63) is 0 Å². The molecule has 0 heterocycles. The van der Waals surface area contributed by atoms with Gasteiger partial charge in [-0.05, 0) is 20.8 Å². The maximum absolute atomic E-state index is 11.4. The van der Waals surface area contributed by atoms with Crippen LogP contribution in [0.2, 0.25) is 0 Å². The molecule has 0 radical (unpaired) electrons. The molecule has 0 aromatic heterocycles. The van der Waals surface area contributed by atoms with Crippen LogP contribution in [0.25, 0.3) is 0 Å². The summed E-state index contributed by atoms with van der Waals surface area (Å²) in [5.74, 6) is -0.595. The Labute approximate surface area is 90.0 Å². The van der Waals surface area contributed by atoms with Crippen molar-refractivity contribution >= 4 is 11.8 Å². The van der Waals surface area contributed by atoms with Crippen molar-refractivity contribution in [2.24, 2.45) is 5.41 Å². The zero-order valence-electron chi connectivity index (χ0n) is 9.63. The highest BCUT2D eigenvalue weighted by molar-refractivity contribution is 5.88. The minimum absolute atomic E-state index is 0.0612. The molecule has 0 aliphatic heterocycles. The standard InChI is InChI=1S/C10H17N3O2/c1-5-13(4)8(14)6-12-9(15)10(2,3)7-11/h5-6H2,1-4H3,(H,12,15). The van der Waals surface area contributed by atoms with Gasteiger partial charge in [0.2, 0.25) is 11.8 Å². The largest absolute Gasteiger partial charge is 0.346 e. The lowest BCUT2D eigenvalue weighted by molar-refractivity contribution is -0.133. The molecular formula is C10H17N3O2. The Kier molecular flexibility index (Phi) is 4.79. The van der Waals surface area contributed by atoms with Crippen LogP contribution in [0.1, 0.15) is 20.8 Å². The van der Waals surface area contributed by atoms with Crippen LogP contribution in [0.5, 0.6) is 0 Å². The third kappa shape index (κ3) is 3.98. The topological polar surface area (TPSA) is 73.2 Å². The van der Waals surface area contributed by atoms with E-state index in [1.54, 1.807) is 7.05 Å². The van der Waals surface area contributed by atoms with E-state index < -0.39 is 11.3 Å². The normalized spacial score (nSPS) is 10.3. The van der Waals surface area contributed by atoms with Gasteiger partial charge in [0.15, 0.2) is 0 Å². The van der Waals surface area contributed by atoms with Gasteiger partial charge in [-0.15, -0.1) is 0 Å². The molecule has 0 aromatic carbocycles. The van der Waals surface area contributed by atoms with Gasteiger partial charge < -0.3 is 10.2 Å². The molecule has 5 heteroatoms. The summed E-state index contributed by atoms with van der Waals surface area (Å²) in [6.45, 7) is 5.40. The fourth-order valence-corrected chi connectivity index (χ4v) is 0.739. The second-order valence-corrected chi connectivity index (χ2v) is 3.83. The highest BCUT2D eigenvalue weighted by atomic mass is 16.2. The number of amides is 2. The third-order valence-corrected chi connectivity index (χ3v) is 2.15. The molecule has 15 heavy (non-hydrogen) atoms. The fourth-order valence-electron chi connectivity index (χ4n) is 0.739. The highest BCUT2D eigenvalue weighted by Gasteiger charge is 2.27. The van der Waals surface area contributed by atoms with Crippen molar-refractivity contribution in [1.29, 1.82) is 5.26 Å². The molecule has 1 N–H and O–H groups in total. The van der Waals surface area contributed by atoms with Gasteiger partial charge in [-0.2, -0.15) is 5.26 Å². The van der Waals surface area contributed by atoms with E-state index in [9.17, 15) is 9.59 Å². The number of nitrogens with one attached hydrogen (secondary N) is 1. The molecule has 0 unspecified atom stereocenters. The van der Waals surface area contributed by atoms with E-state index in [0.29, 0.717) is 6.54 Å². The second kappa shape index (κ2) is 5.35. The minimum atomic E-state index is -1.09. The predicted molar refractivity (Wildman–Crippen MR) is 55.7 cm³/mol. The highest BCUT2D eigenvalue weighted by Crippen LogP contribution is 2.12. The molecule has 0 atom stereocenters. The number of nitriles is 1. The monoisotopic (exact) mass is 211 g/mol. The molecule has 2 amide bonds. The summed E-state index contributed by atoms with van der Waals surface area (Å²) < 4.78 is 0. The Morgan fingerprint density at radius 1 is 1.47 bits per heavy atom. The quantitative estimate of drug-likeness (QED) is 0.718.